The first-order valence-electron chi connectivity index (χ1n) is 22.3. The number of hydrogen-bond donors (Lipinski definition) is 3. The number of alkyl halides is 1. The van der Waals surface area contributed by atoms with E-state index in [9.17, 15) is 9.50 Å². The molecule has 2 aliphatic heterocycles. The van der Waals surface area contributed by atoms with Crippen LogP contribution in [0.4, 0.5) is 16.0 Å². The van der Waals surface area contributed by atoms with Gasteiger partial charge in [-0.25, -0.2) is 14.4 Å². The van der Waals surface area contributed by atoms with E-state index >= 15 is 0 Å². The number of anilines is 2. The van der Waals surface area contributed by atoms with Crippen molar-refractivity contribution in [3.05, 3.63) is 100 Å². The molecular formula is C47H57Cl2FN12O4. The summed E-state index contributed by atoms with van der Waals surface area (Å²) in [6.45, 7) is 7.41. The summed E-state index contributed by atoms with van der Waals surface area (Å²) in [5, 5.41) is 12.6. The molecule has 2 aliphatic rings. The third-order valence-electron chi connectivity index (χ3n) is 11.3. The van der Waals surface area contributed by atoms with Crippen LogP contribution in [0.15, 0.2) is 67.4 Å². The van der Waals surface area contributed by atoms with Crippen molar-refractivity contribution in [1.82, 2.24) is 44.4 Å². The second-order valence-electron chi connectivity index (χ2n) is 16.1. The van der Waals surface area contributed by atoms with Crippen molar-refractivity contribution >= 4 is 62.9 Å². The summed E-state index contributed by atoms with van der Waals surface area (Å²) >= 11 is 12.7. The zero-order chi connectivity index (χ0) is 46.6. The Morgan fingerprint density at radius 1 is 0.848 bits per heavy atom. The molecule has 8 rings (SSSR count). The summed E-state index contributed by atoms with van der Waals surface area (Å²) in [6, 6.07) is 15.9. The van der Waals surface area contributed by atoms with Crippen LogP contribution in [0, 0.1) is 12.3 Å². The average molecular weight is 944 g/mol. The molecule has 3 unspecified atom stereocenters. The maximum Gasteiger partial charge on any atom is 0.226 e. The van der Waals surface area contributed by atoms with E-state index in [1.54, 1.807) is 26.0 Å². The number of hydrogen-bond acceptors (Lipinski definition) is 14. The van der Waals surface area contributed by atoms with Crippen LogP contribution in [-0.2, 0) is 27.3 Å². The fraction of sp³-hybridized carbons (Fsp3) is 0.447. The molecule has 0 radical (unpaired) electrons. The molecule has 6 aromatic rings. The number of imidazole rings is 2. The van der Waals surface area contributed by atoms with Crippen molar-refractivity contribution in [2.75, 3.05) is 56.4 Å². The lowest BCUT2D eigenvalue weighted by atomic mass is 10.1. The van der Waals surface area contributed by atoms with Gasteiger partial charge in [-0.2, -0.15) is 19.9 Å². The van der Waals surface area contributed by atoms with Gasteiger partial charge in [-0.15, -0.1) is 6.42 Å². The largest absolute Gasteiger partial charge is 0.397 e. The molecule has 4 aromatic heterocycles. The van der Waals surface area contributed by atoms with Gasteiger partial charge in [0.25, 0.3) is 0 Å². The first-order valence-corrected chi connectivity index (χ1v) is 23.0. The molecule has 2 saturated heterocycles. The highest BCUT2D eigenvalue weighted by Crippen LogP contribution is 2.35. The van der Waals surface area contributed by atoms with Gasteiger partial charge in [-0.05, 0) is 90.5 Å². The summed E-state index contributed by atoms with van der Waals surface area (Å²) in [5.41, 5.74) is 13.2. The second-order valence-corrected chi connectivity index (χ2v) is 16.8. The number of nitrogens with two attached hydrogens (primary N) is 1. The maximum absolute atomic E-state index is 12.3. The Hall–Kier alpha value is -5.61. The molecule has 0 saturated carbocycles. The van der Waals surface area contributed by atoms with Crippen LogP contribution in [0.25, 0.3) is 28.0 Å². The number of nitrogens with one attached hydrogen (secondary N) is 1. The first kappa shape index (κ1) is 48.3. The monoisotopic (exact) mass is 942 g/mol. The lowest BCUT2D eigenvalue weighted by Crippen LogP contribution is -2.25. The quantitative estimate of drug-likeness (QED) is 0.0411. The molecule has 66 heavy (non-hydrogen) atoms. The van der Waals surface area contributed by atoms with Crippen molar-refractivity contribution in [2.45, 2.75) is 90.1 Å². The van der Waals surface area contributed by atoms with Crippen molar-refractivity contribution in [3.8, 4) is 12.3 Å². The molecule has 0 bridgehead atoms. The average Bonchev–Trinajstić information content (AvgIpc) is 4.16. The van der Waals surface area contributed by atoms with E-state index in [0.29, 0.717) is 59.4 Å². The molecular weight excluding hydrogens is 887 g/mol. The summed E-state index contributed by atoms with van der Waals surface area (Å²) in [4.78, 5) is 31.6. The SMILES string of the molecule is C#Cc1ccc(CN(CCC)c2nc(Cl)nc3c2ncn3C2CCC(CO)O2)cc1.CCCN(Cc1ccc(/C(N)=C/NCCF)cc1)c1nc(Cl)nc2c1ncn2C1CC[C@@H](COC)O1. The molecule has 4 atom stereocenters. The lowest BCUT2D eigenvalue weighted by molar-refractivity contribution is -0.0300. The van der Waals surface area contributed by atoms with E-state index in [1.165, 1.54) is 0 Å². The lowest BCUT2D eigenvalue weighted by Gasteiger charge is -2.24. The van der Waals surface area contributed by atoms with Gasteiger partial charge in [-0.3, -0.25) is 9.13 Å². The van der Waals surface area contributed by atoms with Crippen LogP contribution in [0.1, 0.15) is 87.1 Å². The molecule has 350 valence electrons. The minimum Gasteiger partial charge on any atom is -0.397 e. The predicted octanol–water partition coefficient (Wildman–Crippen LogP) is 7.58. The molecule has 0 aliphatic carbocycles. The molecule has 0 spiro atoms. The molecule has 2 aromatic carbocycles. The van der Waals surface area contributed by atoms with Gasteiger partial charge < -0.3 is 40.2 Å². The molecule has 0 amide bonds. The molecule has 4 N–H and O–H groups in total. The number of aliphatic hydroxyl groups is 1. The van der Waals surface area contributed by atoms with E-state index in [2.05, 4.69) is 64.8 Å². The number of terminal acetylenes is 1. The number of benzene rings is 2. The highest BCUT2D eigenvalue weighted by atomic mass is 35.5. The third kappa shape index (κ3) is 11.7. The summed E-state index contributed by atoms with van der Waals surface area (Å²) in [7, 11) is 1.68. The van der Waals surface area contributed by atoms with Crippen LogP contribution >= 0.6 is 23.2 Å². The van der Waals surface area contributed by atoms with E-state index in [4.69, 9.17) is 49.6 Å². The van der Waals surface area contributed by atoms with Crippen LogP contribution < -0.4 is 20.9 Å². The van der Waals surface area contributed by atoms with Gasteiger partial charge in [0.15, 0.2) is 34.0 Å². The van der Waals surface area contributed by atoms with Gasteiger partial charge in [0.1, 0.15) is 19.1 Å². The zero-order valence-corrected chi connectivity index (χ0v) is 39.0. The van der Waals surface area contributed by atoms with Crippen LogP contribution in [0.2, 0.25) is 10.6 Å². The standard InChI is InChI=1S/C25H33ClFN7O2.C22H24ClN5O2/c1-3-12-33(14-17-4-6-18(7-5-17)20(28)13-29-11-10-27)23-22-24(32-25(26)31-23)34(16-30-22)21-9-8-19(36-21)15-35-2;1-3-11-27(12-16-7-5-15(4-2)6-8-16)20-19-21(26-22(23)25-20)28(14-24-19)18-10-9-17(13-29)30-18/h4-7,13,16,19,21,29H,3,8-12,14-15,28H2,1-2H3;2,5-8,14,17-18,29H,3,9-13H2,1H3/b20-13-;/t19-,21?;/m0./s1. The van der Waals surface area contributed by atoms with Gasteiger partial charge in [0.2, 0.25) is 10.6 Å². The van der Waals surface area contributed by atoms with E-state index in [0.717, 1.165) is 73.9 Å². The molecule has 16 nitrogen and oxygen atoms in total. The summed E-state index contributed by atoms with van der Waals surface area (Å²) < 4.78 is 33.4. The van der Waals surface area contributed by atoms with Crippen molar-refractivity contribution in [1.29, 1.82) is 0 Å². The molecule has 19 heteroatoms. The van der Waals surface area contributed by atoms with Crippen molar-refractivity contribution < 1.29 is 23.7 Å². The Morgan fingerprint density at radius 2 is 1.36 bits per heavy atom. The molecule has 6 heterocycles. The summed E-state index contributed by atoms with van der Waals surface area (Å²) in [6.07, 6.45) is 15.3. The van der Waals surface area contributed by atoms with Gasteiger partial charge in [-0.1, -0.05) is 56.2 Å². The number of fused-ring (bicyclic) bond motifs is 2. The fourth-order valence-electron chi connectivity index (χ4n) is 8.17. The number of halogens is 3. The van der Waals surface area contributed by atoms with Gasteiger partial charge in [0, 0.05) is 51.6 Å². The minimum absolute atomic E-state index is 0.00681. The van der Waals surface area contributed by atoms with Crippen LogP contribution in [0.5, 0.6) is 0 Å². The van der Waals surface area contributed by atoms with Crippen molar-refractivity contribution in [2.24, 2.45) is 5.73 Å². The molecule has 2 fully saturated rings. The summed E-state index contributed by atoms with van der Waals surface area (Å²) in [5.74, 6) is 4.03. The number of aliphatic hydroxyl groups excluding tert-OH is 1. The Morgan fingerprint density at radius 3 is 1.83 bits per heavy atom. The first-order chi connectivity index (χ1) is 32.2. The normalized spacial score (nSPS) is 18.4. The van der Waals surface area contributed by atoms with Crippen LogP contribution in [0.3, 0.4) is 0 Å². The number of methoxy groups -OCH3 is 1. The van der Waals surface area contributed by atoms with E-state index in [1.807, 2.05) is 57.7 Å². The Balaban J connectivity index is 0.000000199. The Labute approximate surface area is 394 Å². The number of aromatic nitrogens is 8. The Kier molecular flexibility index (Phi) is 17.0. The highest BCUT2D eigenvalue weighted by Gasteiger charge is 2.31. The minimum atomic E-state index is -0.448. The van der Waals surface area contributed by atoms with E-state index < -0.39 is 6.67 Å². The van der Waals surface area contributed by atoms with Gasteiger partial charge >= 0.3 is 0 Å². The van der Waals surface area contributed by atoms with Gasteiger partial charge in [0.05, 0.1) is 43.8 Å². The fourth-order valence-corrected chi connectivity index (χ4v) is 8.49. The second kappa shape index (κ2) is 23.2. The van der Waals surface area contributed by atoms with E-state index in [-0.39, 0.29) is 48.4 Å². The predicted molar refractivity (Wildman–Crippen MR) is 256 cm³/mol. The third-order valence-corrected chi connectivity index (χ3v) is 11.7. The van der Waals surface area contributed by atoms with Crippen molar-refractivity contribution in [3.63, 3.8) is 0 Å². The van der Waals surface area contributed by atoms with Crippen LogP contribution in [-0.4, -0.2) is 103 Å². The zero-order valence-electron chi connectivity index (χ0n) is 37.5. The Bertz CT molecular complexity index is 2590. The number of ether oxygens (including phenoxy) is 3. The smallest absolute Gasteiger partial charge is 0.226 e. The highest BCUT2D eigenvalue weighted by molar-refractivity contribution is 6.29. The topological polar surface area (TPSA) is 180 Å². The maximum atomic E-state index is 12.3. The number of rotatable bonds is 19. The number of nitrogens with zero attached hydrogens (tertiary/aromatic N) is 10.